The second-order valence-corrected chi connectivity index (χ2v) is 6.40. The molecule has 1 aliphatic rings. The summed E-state index contributed by atoms with van der Waals surface area (Å²) in [7, 11) is 1.82. The number of nitrogens with zero attached hydrogens (tertiary/aromatic N) is 1. The number of thiazole rings is 1. The van der Waals surface area contributed by atoms with E-state index >= 15 is 0 Å². The van der Waals surface area contributed by atoms with Crippen LogP contribution < -0.4 is 5.32 Å². The van der Waals surface area contributed by atoms with E-state index in [-0.39, 0.29) is 5.60 Å². The fourth-order valence-electron chi connectivity index (χ4n) is 2.38. The standard InChI is InChI=1S/C14H24N2OS/c1-5-15-9-11-12(10(2)3)16-13(18-11)14(17-4)7-6-8-14/h10,15H,5-9H2,1-4H3. The summed E-state index contributed by atoms with van der Waals surface area (Å²) >= 11 is 1.84. The van der Waals surface area contributed by atoms with E-state index < -0.39 is 0 Å². The van der Waals surface area contributed by atoms with Crippen molar-refractivity contribution in [1.82, 2.24) is 10.3 Å². The summed E-state index contributed by atoms with van der Waals surface area (Å²) in [4.78, 5) is 6.26. The fraction of sp³-hybridized carbons (Fsp3) is 0.786. The van der Waals surface area contributed by atoms with Crippen molar-refractivity contribution in [3.05, 3.63) is 15.6 Å². The zero-order chi connectivity index (χ0) is 13.2. The van der Waals surface area contributed by atoms with Gasteiger partial charge in [-0.2, -0.15) is 0 Å². The van der Waals surface area contributed by atoms with E-state index in [2.05, 4.69) is 26.1 Å². The van der Waals surface area contributed by atoms with Gasteiger partial charge in [-0.1, -0.05) is 20.8 Å². The third kappa shape index (κ3) is 2.46. The molecule has 3 nitrogen and oxygen atoms in total. The van der Waals surface area contributed by atoms with Gasteiger partial charge in [0.2, 0.25) is 0 Å². The molecule has 0 atom stereocenters. The van der Waals surface area contributed by atoms with Gasteiger partial charge < -0.3 is 10.1 Å². The van der Waals surface area contributed by atoms with E-state index in [0.29, 0.717) is 5.92 Å². The molecule has 1 aliphatic carbocycles. The first-order valence-electron chi connectivity index (χ1n) is 6.89. The molecule has 1 N–H and O–H groups in total. The third-order valence-corrected chi connectivity index (χ3v) is 5.01. The number of hydrogen-bond donors (Lipinski definition) is 1. The molecule has 0 bridgehead atoms. The van der Waals surface area contributed by atoms with Gasteiger partial charge in [0.1, 0.15) is 10.6 Å². The Labute approximate surface area is 114 Å². The van der Waals surface area contributed by atoms with Gasteiger partial charge in [0.25, 0.3) is 0 Å². The van der Waals surface area contributed by atoms with Crippen LogP contribution in [-0.4, -0.2) is 18.6 Å². The molecule has 0 aromatic carbocycles. The van der Waals surface area contributed by atoms with Crippen LogP contribution >= 0.6 is 11.3 Å². The molecule has 1 aromatic rings. The number of rotatable bonds is 6. The quantitative estimate of drug-likeness (QED) is 0.858. The number of nitrogens with one attached hydrogen (secondary N) is 1. The lowest BCUT2D eigenvalue weighted by atomic mass is 9.80. The molecule has 1 saturated carbocycles. The first-order chi connectivity index (χ1) is 8.63. The van der Waals surface area contributed by atoms with Crippen molar-refractivity contribution >= 4 is 11.3 Å². The molecular formula is C14H24N2OS. The molecule has 0 unspecified atom stereocenters. The molecule has 4 heteroatoms. The third-order valence-electron chi connectivity index (χ3n) is 3.75. The van der Waals surface area contributed by atoms with Crippen LogP contribution in [0.2, 0.25) is 0 Å². The van der Waals surface area contributed by atoms with Crippen LogP contribution in [0.4, 0.5) is 0 Å². The molecule has 0 spiro atoms. The van der Waals surface area contributed by atoms with Crippen LogP contribution in [0.5, 0.6) is 0 Å². The zero-order valence-electron chi connectivity index (χ0n) is 11.9. The van der Waals surface area contributed by atoms with Gasteiger partial charge in [-0.05, 0) is 31.7 Å². The predicted octanol–water partition coefficient (Wildman–Crippen LogP) is 3.40. The lowest BCUT2D eigenvalue weighted by molar-refractivity contribution is -0.0780. The second kappa shape index (κ2) is 5.68. The molecule has 0 aliphatic heterocycles. The molecule has 18 heavy (non-hydrogen) atoms. The number of ether oxygens (including phenoxy) is 1. The minimum Gasteiger partial charge on any atom is -0.371 e. The molecule has 2 rings (SSSR count). The van der Waals surface area contributed by atoms with Crippen molar-refractivity contribution in [3.8, 4) is 0 Å². The largest absolute Gasteiger partial charge is 0.371 e. The smallest absolute Gasteiger partial charge is 0.125 e. The highest BCUT2D eigenvalue weighted by Crippen LogP contribution is 2.46. The lowest BCUT2D eigenvalue weighted by Crippen LogP contribution is -2.35. The molecule has 1 fully saturated rings. The van der Waals surface area contributed by atoms with Crippen LogP contribution in [0.25, 0.3) is 0 Å². The van der Waals surface area contributed by atoms with Crippen LogP contribution in [0, 0.1) is 0 Å². The summed E-state index contributed by atoms with van der Waals surface area (Å²) in [5, 5.41) is 4.60. The first kappa shape index (κ1) is 14.0. The van der Waals surface area contributed by atoms with Gasteiger partial charge in [-0.15, -0.1) is 11.3 Å². The van der Waals surface area contributed by atoms with Gasteiger partial charge in [-0.25, -0.2) is 4.98 Å². The van der Waals surface area contributed by atoms with Gasteiger partial charge in [0, 0.05) is 18.5 Å². The summed E-state index contributed by atoms with van der Waals surface area (Å²) in [6.07, 6.45) is 3.50. The summed E-state index contributed by atoms with van der Waals surface area (Å²) in [5.74, 6) is 0.484. The Balaban J connectivity index is 2.26. The minimum absolute atomic E-state index is 0.0707. The van der Waals surface area contributed by atoms with Crippen LogP contribution in [-0.2, 0) is 16.9 Å². The minimum atomic E-state index is -0.0707. The van der Waals surface area contributed by atoms with E-state index in [0.717, 1.165) is 25.9 Å². The Kier molecular flexibility index (Phi) is 4.41. The van der Waals surface area contributed by atoms with Gasteiger partial charge in [0.15, 0.2) is 0 Å². The maximum Gasteiger partial charge on any atom is 0.125 e. The molecule has 0 amide bonds. The Morgan fingerprint density at radius 2 is 2.17 bits per heavy atom. The Morgan fingerprint density at radius 3 is 2.61 bits per heavy atom. The Morgan fingerprint density at radius 1 is 1.44 bits per heavy atom. The van der Waals surface area contributed by atoms with E-state index in [1.165, 1.54) is 22.0 Å². The highest BCUT2D eigenvalue weighted by atomic mass is 32.1. The van der Waals surface area contributed by atoms with E-state index in [1.807, 2.05) is 18.4 Å². The van der Waals surface area contributed by atoms with Crippen LogP contribution in [0.3, 0.4) is 0 Å². The molecule has 102 valence electrons. The van der Waals surface area contributed by atoms with Gasteiger partial charge in [0.05, 0.1) is 5.69 Å². The summed E-state index contributed by atoms with van der Waals surface area (Å²) in [5.41, 5.74) is 1.18. The van der Waals surface area contributed by atoms with E-state index in [4.69, 9.17) is 9.72 Å². The van der Waals surface area contributed by atoms with Crippen molar-refractivity contribution in [2.45, 2.75) is 58.1 Å². The molecule has 0 saturated heterocycles. The lowest BCUT2D eigenvalue weighted by Gasteiger charge is -2.38. The van der Waals surface area contributed by atoms with Crippen molar-refractivity contribution < 1.29 is 4.74 Å². The van der Waals surface area contributed by atoms with E-state index in [9.17, 15) is 0 Å². The molecule has 1 heterocycles. The van der Waals surface area contributed by atoms with Crippen LogP contribution in [0.1, 0.15) is 61.5 Å². The van der Waals surface area contributed by atoms with Gasteiger partial charge in [-0.3, -0.25) is 0 Å². The molecular weight excluding hydrogens is 244 g/mol. The highest BCUT2D eigenvalue weighted by Gasteiger charge is 2.42. The van der Waals surface area contributed by atoms with Crippen molar-refractivity contribution in [2.75, 3.05) is 13.7 Å². The predicted molar refractivity (Wildman–Crippen MR) is 76.1 cm³/mol. The van der Waals surface area contributed by atoms with Crippen LogP contribution in [0.15, 0.2) is 0 Å². The molecule has 1 aromatic heterocycles. The SMILES string of the molecule is CCNCc1sc(C2(OC)CCC2)nc1C(C)C. The van der Waals surface area contributed by atoms with Crippen molar-refractivity contribution in [1.29, 1.82) is 0 Å². The summed E-state index contributed by atoms with van der Waals surface area (Å²) in [6, 6.07) is 0. The van der Waals surface area contributed by atoms with Crippen molar-refractivity contribution in [3.63, 3.8) is 0 Å². The maximum absolute atomic E-state index is 5.74. The summed E-state index contributed by atoms with van der Waals surface area (Å²) in [6.45, 7) is 8.50. The normalized spacial score (nSPS) is 18.1. The number of hydrogen-bond acceptors (Lipinski definition) is 4. The Hall–Kier alpha value is -0.450. The average Bonchev–Trinajstić information content (AvgIpc) is 2.70. The monoisotopic (exact) mass is 268 g/mol. The first-order valence-corrected chi connectivity index (χ1v) is 7.70. The van der Waals surface area contributed by atoms with E-state index in [1.54, 1.807) is 0 Å². The molecule has 0 radical (unpaired) electrons. The zero-order valence-corrected chi connectivity index (χ0v) is 12.7. The number of methoxy groups -OCH3 is 1. The summed E-state index contributed by atoms with van der Waals surface area (Å²) < 4.78 is 5.74. The maximum atomic E-state index is 5.74. The topological polar surface area (TPSA) is 34.1 Å². The van der Waals surface area contributed by atoms with Gasteiger partial charge >= 0.3 is 0 Å². The van der Waals surface area contributed by atoms with Crippen molar-refractivity contribution in [2.24, 2.45) is 0 Å². The second-order valence-electron chi connectivity index (χ2n) is 5.31. The Bertz CT molecular complexity index is 391. The highest BCUT2D eigenvalue weighted by molar-refractivity contribution is 7.11. The average molecular weight is 268 g/mol. The number of aromatic nitrogens is 1. The fourth-order valence-corrected chi connectivity index (χ4v) is 3.79.